The normalized spacial score (nSPS) is 15.6. The molecule has 30 heavy (non-hydrogen) atoms. The molecule has 6 heteroatoms. The molecule has 0 fully saturated rings. The van der Waals surface area contributed by atoms with Crippen LogP contribution >= 0.6 is 11.9 Å². The zero-order valence-electron chi connectivity index (χ0n) is 16.9. The molecule has 1 N–H and O–H groups in total. The average molecular weight is 418 g/mol. The van der Waals surface area contributed by atoms with Crippen LogP contribution in [-0.4, -0.2) is 23.7 Å². The van der Waals surface area contributed by atoms with Crippen molar-refractivity contribution in [3.63, 3.8) is 0 Å². The summed E-state index contributed by atoms with van der Waals surface area (Å²) in [6.07, 6.45) is 0.678. The van der Waals surface area contributed by atoms with Gasteiger partial charge in [0.2, 0.25) is 5.91 Å². The van der Waals surface area contributed by atoms with E-state index in [2.05, 4.69) is 22.0 Å². The van der Waals surface area contributed by atoms with Crippen LogP contribution in [-0.2, 0) is 4.79 Å². The van der Waals surface area contributed by atoms with Crippen molar-refractivity contribution in [1.82, 2.24) is 5.01 Å². The minimum absolute atomic E-state index is 0.0663. The fourth-order valence-corrected chi connectivity index (χ4v) is 4.06. The lowest BCUT2D eigenvalue weighted by Crippen LogP contribution is -2.24. The first-order chi connectivity index (χ1) is 14.6. The van der Waals surface area contributed by atoms with Gasteiger partial charge in [0.05, 0.1) is 18.9 Å². The minimum Gasteiger partial charge on any atom is -0.497 e. The van der Waals surface area contributed by atoms with Crippen molar-refractivity contribution in [2.75, 3.05) is 11.8 Å². The van der Waals surface area contributed by atoms with E-state index in [1.807, 2.05) is 66.7 Å². The van der Waals surface area contributed by atoms with Crippen molar-refractivity contribution in [1.29, 1.82) is 0 Å². The maximum atomic E-state index is 12.2. The number of amides is 1. The molecule has 1 aliphatic rings. The van der Waals surface area contributed by atoms with Crippen LogP contribution in [0.25, 0.3) is 0 Å². The van der Waals surface area contributed by atoms with Crippen LogP contribution in [0.5, 0.6) is 5.75 Å². The highest BCUT2D eigenvalue weighted by molar-refractivity contribution is 8.00. The molecule has 1 atom stereocenters. The summed E-state index contributed by atoms with van der Waals surface area (Å²) >= 11 is 1.57. The Balaban J connectivity index is 1.47. The second-order valence-electron chi connectivity index (χ2n) is 7.00. The number of anilines is 1. The van der Waals surface area contributed by atoms with Crippen molar-refractivity contribution < 1.29 is 9.53 Å². The summed E-state index contributed by atoms with van der Waals surface area (Å²) in [6, 6.07) is 26.0. The second-order valence-corrected chi connectivity index (χ2v) is 7.88. The molecule has 1 aliphatic heterocycles. The topological polar surface area (TPSA) is 53.9 Å². The number of hydrogen-bond donors (Lipinski definition) is 1. The summed E-state index contributed by atoms with van der Waals surface area (Å²) in [5.74, 6) is 0.729. The summed E-state index contributed by atoms with van der Waals surface area (Å²) < 4.78 is 8.59. The third-order valence-corrected chi connectivity index (χ3v) is 5.83. The zero-order valence-corrected chi connectivity index (χ0v) is 17.7. The number of carbonyl (C=O) groups is 1. The number of rotatable bonds is 6. The molecule has 0 saturated carbocycles. The Hall–Kier alpha value is -3.25. The molecule has 0 aromatic heterocycles. The van der Waals surface area contributed by atoms with Crippen molar-refractivity contribution in [3.05, 3.63) is 90.0 Å². The number of carbonyl (C=O) groups excluding carboxylic acids is 1. The van der Waals surface area contributed by atoms with Gasteiger partial charge in [-0.25, -0.2) is 5.01 Å². The Morgan fingerprint density at radius 1 is 1.03 bits per heavy atom. The molecule has 0 spiro atoms. The number of hydrazone groups is 1. The molecule has 1 amide bonds. The van der Waals surface area contributed by atoms with Gasteiger partial charge in [-0.15, -0.1) is 0 Å². The summed E-state index contributed by atoms with van der Waals surface area (Å²) in [6.45, 7) is 1.55. The maximum absolute atomic E-state index is 12.2. The van der Waals surface area contributed by atoms with Gasteiger partial charge in [0, 0.05) is 23.9 Å². The molecule has 0 saturated heterocycles. The molecule has 4 rings (SSSR count). The molecule has 5 nitrogen and oxygen atoms in total. The van der Waals surface area contributed by atoms with E-state index >= 15 is 0 Å². The van der Waals surface area contributed by atoms with Crippen molar-refractivity contribution in [2.24, 2.45) is 5.10 Å². The molecule has 0 bridgehead atoms. The lowest BCUT2D eigenvalue weighted by Gasteiger charge is -2.20. The molecular formula is C24H23N3O2S. The lowest BCUT2D eigenvalue weighted by atomic mass is 9.98. The Labute approximate surface area is 180 Å². The van der Waals surface area contributed by atoms with Crippen LogP contribution in [0.15, 0.2) is 88.9 Å². The van der Waals surface area contributed by atoms with Gasteiger partial charge in [-0.05, 0) is 59.5 Å². The Kier molecular flexibility index (Phi) is 6.05. The predicted molar refractivity (Wildman–Crippen MR) is 122 cm³/mol. The van der Waals surface area contributed by atoms with E-state index in [1.165, 1.54) is 0 Å². The van der Waals surface area contributed by atoms with E-state index in [-0.39, 0.29) is 11.9 Å². The van der Waals surface area contributed by atoms with E-state index in [1.54, 1.807) is 31.0 Å². The molecule has 3 aromatic rings. The molecule has 0 radical (unpaired) electrons. The quantitative estimate of drug-likeness (QED) is 0.537. The fourth-order valence-electron chi connectivity index (χ4n) is 3.40. The smallest absolute Gasteiger partial charge is 0.240 e. The van der Waals surface area contributed by atoms with E-state index in [9.17, 15) is 4.79 Å². The van der Waals surface area contributed by atoms with Crippen LogP contribution in [0, 0.1) is 0 Å². The Morgan fingerprint density at radius 2 is 1.73 bits per heavy atom. The number of methoxy groups -OCH3 is 1. The Morgan fingerprint density at radius 3 is 2.37 bits per heavy atom. The van der Waals surface area contributed by atoms with Gasteiger partial charge in [-0.2, -0.15) is 5.10 Å². The standard InChI is InChI=1S/C24H23N3O2S/c1-17(28)27-24(19-10-14-21(29-2)15-11-19)16-23(25-27)18-8-12-20(13-9-18)26-30-22-6-4-3-5-7-22/h3-15,24,26H,16H2,1-2H3. The number of hydrogen-bond acceptors (Lipinski definition) is 5. The largest absolute Gasteiger partial charge is 0.497 e. The first-order valence-electron chi connectivity index (χ1n) is 9.73. The number of ether oxygens (including phenoxy) is 1. The number of nitrogens with zero attached hydrogens (tertiary/aromatic N) is 2. The van der Waals surface area contributed by atoms with Gasteiger partial charge in [0.1, 0.15) is 5.75 Å². The monoisotopic (exact) mass is 417 g/mol. The van der Waals surface area contributed by atoms with Gasteiger partial charge < -0.3 is 9.46 Å². The highest BCUT2D eigenvalue weighted by atomic mass is 32.2. The van der Waals surface area contributed by atoms with Crippen LogP contribution in [0.3, 0.4) is 0 Å². The molecule has 152 valence electrons. The molecular weight excluding hydrogens is 394 g/mol. The van der Waals surface area contributed by atoms with Gasteiger partial charge in [0.25, 0.3) is 0 Å². The zero-order chi connectivity index (χ0) is 20.9. The maximum Gasteiger partial charge on any atom is 0.240 e. The van der Waals surface area contributed by atoms with Crippen LogP contribution in [0.2, 0.25) is 0 Å². The summed E-state index contributed by atoms with van der Waals surface area (Å²) in [7, 11) is 1.64. The molecule has 1 heterocycles. The van der Waals surface area contributed by atoms with Crippen molar-refractivity contribution >= 4 is 29.3 Å². The van der Waals surface area contributed by atoms with Gasteiger partial charge in [-0.1, -0.05) is 42.5 Å². The molecule has 1 unspecified atom stereocenters. The van der Waals surface area contributed by atoms with E-state index in [0.29, 0.717) is 6.42 Å². The third-order valence-electron chi connectivity index (χ3n) is 4.98. The van der Waals surface area contributed by atoms with Gasteiger partial charge in [0.15, 0.2) is 0 Å². The fraction of sp³-hybridized carbons (Fsp3) is 0.167. The number of nitrogens with one attached hydrogen (secondary N) is 1. The first kappa shape index (κ1) is 20.0. The van der Waals surface area contributed by atoms with Crippen molar-refractivity contribution in [3.8, 4) is 5.75 Å². The first-order valence-corrected chi connectivity index (χ1v) is 10.6. The summed E-state index contributed by atoms with van der Waals surface area (Å²) in [5.41, 5.74) is 3.99. The second kappa shape index (κ2) is 9.05. The predicted octanol–water partition coefficient (Wildman–Crippen LogP) is 5.51. The van der Waals surface area contributed by atoms with E-state index < -0.39 is 0 Å². The van der Waals surface area contributed by atoms with Crippen LogP contribution < -0.4 is 9.46 Å². The lowest BCUT2D eigenvalue weighted by molar-refractivity contribution is -0.130. The summed E-state index contributed by atoms with van der Waals surface area (Å²) in [4.78, 5) is 13.3. The Bertz CT molecular complexity index is 1030. The van der Waals surface area contributed by atoms with E-state index in [0.717, 1.165) is 33.2 Å². The van der Waals surface area contributed by atoms with Crippen LogP contribution in [0.4, 0.5) is 5.69 Å². The molecule has 3 aromatic carbocycles. The SMILES string of the molecule is COc1ccc(C2CC(c3ccc(NSc4ccccc4)cc3)=NN2C(C)=O)cc1. The van der Waals surface area contributed by atoms with Crippen molar-refractivity contribution in [2.45, 2.75) is 24.3 Å². The average Bonchev–Trinajstić information content (AvgIpc) is 3.25. The van der Waals surface area contributed by atoms with Crippen LogP contribution in [0.1, 0.15) is 30.5 Å². The summed E-state index contributed by atoms with van der Waals surface area (Å²) in [5, 5.41) is 6.20. The highest BCUT2D eigenvalue weighted by Gasteiger charge is 2.31. The molecule has 0 aliphatic carbocycles. The number of benzene rings is 3. The minimum atomic E-state index is -0.102. The van der Waals surface area contributed by atoms with Gasteiger partial charge in [-0.3, -0.25) is 4.79 Å². The third kappa shape index (κ3) is 4.49. The van der Waals surface area contributed by atoms with Gasteiger partial charge >= 0.3 is 0 Å². The van der Waals surface area contributed by atoms with E-state index in [4.69, 9.17) is 4.74 Å². The highest BCUT2D eigenvalue weighted by Crippen LogP contribution is 2.34.